The first-order valence-electron chi connectivity index (χ1n) is 8.05. The summed E-state index contributed by atoms with van der Waals surface area (Å²) < 4.78 is 5.22. The van der Waals surface area contributed by atoms with Gasteiger partial charge in [0.2, 0.25) is 11.8 Å². The van der Waals surface area contributed by atoms with Crippen molar-refractivity contribution < 1.29 is 19.1 Å². The van der Waals surface area contributed by atoms with E-state index in [1.54, 1.807) is 30.7 Å². The lowest BCUT2D eigenvalue weighted by molar-refractivity contribution is -0.141. The van der Waals surface area contributed by atoms with E-state index in [4.69, 9.17) is 10.5 Å². The van der Waals surface area contributed by atoms with Crippen molar-refractivity contribution in [3.63, 3.8) is 0 Å². The minimum absolute atomic E-state index is 0.153. The summed E-state index contributed by atoms with van der Waals surface area (Å²) in [5.74, 6) is -0.625. The van der Waals surface area contributed by atoms with Crippen LogP contribution in [-0.2, 0) is 14.3 Å². The standard InChI is InChI=1S/C15H26N4O4/c1-15(2,3)23-14(22)17-19-9-5-7-11(19)13(21)18-8-4-6-10(18)12(16)20/h10-11H,4-9H2,1-3H3,(H2,16,20)(H,17,22)/t10?,11-/m0/s1. The molecule has 2 aliphatic heterocycles. The Morgan fingerprint density at radius 1 is 1.09 bits per heavy atom. The van der Waals surface area contributed by atoms with Gasteiger partial charge in [-0.2, -0.15) is 0 Å². The van der Waals surface area contributed by atoms with Gasteiger partial charge in [0.25, 0.3) is 0 Å². The van der Waals surface area contributed by atoms with Crippen LogP contribution < -0.4 is 11.2 Å². The Morgan fingerprint density at radius 2 is 1.70 bits per heavy atom. The highest BCUT2D eigenvalue weighted by Gasteiger charge is 2.40. The predicted octanol–water partition coefficient (Wildman–Crippen LogP) is 0.367. The molecule has 0 aromatic heterocycles. The molecule has 2 aliphatic rings. The molecule has 2 saturated heterocycles. The van der Waals surface area contributed by atoms with Crippen LogP contribution in [0.15, 0.2) is 0 Å². The zero-order valence-corrected chi connectivity index (χ0v) is 14.0. The van der Waals surface area contributed by atoms with E-state index >= 15 is 0 Å². The monoisotopic (exact) mass is 326 g/mol. The summed E-state index contributed by atoms with van der Waals surface area (Å²) >= 11 is 0. The first-order valence-corrected chi connectivity index (χ1v) is 8.05. The molecule has 2 atom stereocenters. The van der Waals surface area contributed by atoms with Crippen LogP contribution in [0, 0.1) is 0 Å². The Kier molecular flexibility index (Phi) is 5.13. The minimum Gasteiger partial charge on any atom is -0.443 e. The number of ether oxygens (including phenoxy) is 1. The molecule has 1 unspecified atom stereocenters. The second-order valence-corrected chi connectivity index (χ2v) is 7.06. The third-order valence-corrected chi connectivity index (χ3v) is 4.04. The van der Waals surface area contributed by atoms with Crippen molar-refractivity contribution in [3.05, 3.63) is 0 Å². The van der Waals surface area contributed by atoms with E-state index in [1.165, 1.54) is 0 Å². The lowest BCUT2D eigenvalue weighted by Gasteiger charge is -2.31. The summed E-state index contributed by atoms with van der Waals surface area (Å²) in [5, 5.41) is 1.60. The fourth-order valence-corrected chi connectivity index (χ4v) is 3.09. The molecule has 0 saturated carbocycles. The van der Waals surface area contributed by atoms with Gasteiger partial charge in [-0.25, -0.2) is 9.80 Å². The summed E-state index contributed by atoms with van der Waals surface area (Å²) in [6, 6.07) is -1.01. The maximum absolute atomic E-state index is 12.7. The van der Waals surface area contributed by atoms with Crippen molar-refractivity contribution in [1.82, 2.24) is 15.3 Å². The SMILES string of the molecule is CC(C)(C)OC(=O)NN1CCC[C@H]1C(=O)N1CCCC1C(N)=O. The second kappa shape index (κ2) is 6.74. The Balaban J connectivity index is 1.99. The number of hydrogen-bond donors (Lipinski definition) is 2. The Bertz CT molecular complexity index is 488. The smallest absolute Gasteiger partial charge is 0.422 e. The van der Waals surface area contributed by atoms with E-state index in [2.05, 4.69) is 5.43 Å². The van der Waals surface area contributed by atoms with E-state index in [9.17, 15) is 14.4 Å². The molecule has 23 heavy (non-hydrogen) atoms. The highest BCUT2D eigenvalue weighted by Crippen LogP contribution is 2.23. The number of likely N-dealkylation sites (tertiary alicyclic amines) is 1. The largest absolute Gasteiger partial charge is 0.443 e. The van der Waals surface area contributed by atoms with Gasteiger partial charge in [0.15, 0.2) is 0 Å². The van der Waals surface area contributed by atoms with Crippen LogP contribution in [0.2, 0.25) is 0 Å². The molecule has 8 heteroatoms. The second-order valence-electron chi connectivity index (χ2n) is 7.06. The van der Waals surface area contributed by atoms with Crippen molar-refractivity contribution in [2.75, 3.05) is 13.1 Å². The molecule has 0 aromatic carbocycles. The molecule has 8 nitrogen and oxygen atoms in total. The van der Waals surface area contributed by atoms with Gasteiger partial charge in [-0.3, -0.25) is 15.0 Å². The Labute approximate surface area is 136 Å². The van der Waals surface area contributed by atoms with E-state index in [0.29, 0.717) is 25.9 Å². The van der Waals surface area contributed by atoms with E-state index < -0.39 is 29.7 Å². The molecule has 2 fully saturated rings. The number of amides is 3. The third-order valence-electron chi connectivity index (χ3n) is 4.04. The molecule has 130 valence electrons. The van der Waals surface area contributed by atoms with Gasteiger partial charge >= 0.3 is 6.09 Å². The molecule has 0 radical (unpaired) electrons. The number of primary amides is 1. The molecule has 2 rings (SSSR count). The van der Waals surface area contributed by atoms with Gasteiger partial charge < -0.3 is 15.4 Å². The van der Waals surface area contributed by atoms with Crippen LogP contribution in [0.3, 0.4) is 0 Å². The van der Waals surface area contributed by atoms with Gasteiger partial charge in [-0.1, -0.05) is 0 Å². The minimum atomic E-state index is -0.602. The average molecular weight is 326 g/mol. The average Bonchev–Trinajstić information content (AvgIpc) is 3.03. The van der Waals surface area contributed by atoms with Crippen molar-refractivity contribution >= 4 is 17.9 Å². The van der Waals surface area contributed by atoms with Gasteiger partial charge in [0.1, 0.15) is 17.7 Å². The maximum atomic E-state index is 12.7. The zero-order valence-electron chi connectivity index (χ0n) is 14.0. The lowest BCUT2D eigenvalue weighted by atomic mass is 10.1. The number of carbonyl (C=O) groups is 3. The van der Waals surface area contributed by atoms with Gasteiger partial charge in [-0.05, 0) is 46.5 Å². The number of carbonyl (C=O) groups excluding carboxylic acids is 3. The number of rotatable bonds is 3. The van der Waals surface area contributed by atoms with Gasteiger partial charge in [0, 0.05) is 13.1 Å². The van der Waals surface area contributed by atoms with Crippen LogP contribution in [0.4, 0.5) is 4.79 Å². The normalized spacial score (nSPS) is 25.4. The van der Waals surface area contributed by atoms with Crippen molar-refractivity contribution in [1.29, 1.82) is 0 Å². The molecular weight excluding hydrogens is 300 g/mol. The summed E-state index contributed by atoms with van der Waals surface area (Å²) in [6.45, 7) is 6.44. The fraction of sp³-hybridized carbons (Fsp3) is 0.800. The topological polar surface area (TPSA) is 105 Å². The Morgan fingerprint density at radius 3 is 2.30 bits per heavy atom. The third kappa shape index (κ3) is 4.34. The van der Waals surface area contributed by atoms with Gasteiger partial charge in [0.05, 0.1) is 0 Å². The van der Waals surface area contributed by atoms with Crippen LogP contribution in [0.5, 0.6) is 0 Å². The maximum Gasteiger partial charge on any atom is 0.422 e. The highest BCUT2D eigenvalue weighted by molar-refractivity contribution is 5.90. The molecule has 0 aliphatic carbocycles. The summed E-state index contributed by atoms with van der Waals surface area (Å²) in [6.07, 6.45) is 2.22. The number of nitrogens with two attached hydrogens (primary N) is 1. The Hall–Kier alpha value is -1.83. The predicted molar refractivity (Wildman–Crippen MR) is 83.0 cm³/mol. The van der Waals surface area contributed by atoms with Crippen LogP contribution >= 0.6 is 0 Å². The number of hydrogen-bond acceptors (Lipinski definition) is 5. The molecule has 0 aromatic rings. The quantitative estimate of drug-likeness (QED) is 0.779. The fourth-order valence-electron chi connectivity index (χ4n) is 3.09. The van der Waals surface area contributed by atoms with Crippen LogP contribution in [0.1, 0.15) is 46.5 Å². The van der Waals surface area contributed by atoms with Crippen LogP contribution in [-0.4, -0.2) is 58.6 Å². The molecule has 0 bridgehead atoms. The number of nitrogens with zero attached hydrogens (tertiary/aromatic N) is 2. The van der Waals surface area contributed by atoms with E-state index in [1.807, 2.05) is 0 Å². The molecule has 2 heterocycles. The van der Waals surface area contributed by atoms with Crippen molar-refractivity contribution in [2.45, 2.75) is 64.1 Å². The van der Waals surface area contributed by atoms with E-state index in [0.717, 1.165) is 12.8 Å². The number of nitrogens with one attached hydrogen (secondary N) is 1. The summed E-state index contributed by atoms with van der Waals surface area (Å²) in [5.41, 5.74) is 7.41. The van der Waals surface area contributed by atoms with Crippen molar-refractivity contribution in [3.8, 4) is 0 Å². The molecule has 0 spiro atoms. The molecule has 3 N–H and O–H groups in total. The molecule has 3 amide bonds. The summed E-state index contributed by atoms with van der Waals surface area (Å²) in [7, 11) is 0. The van der Waals surface area contributed by atoms with Crippen molar-refractivity contribution in [2.24, 2.45) is 5.73 Å². The van der Waals surface area contributed by atoms with Crippen LogP contribution in [0.25, 0.3) is 0 Å². The number of hydrazine groups is 1. The lowest BCUT2D eigenvalue weighted by Crippen LogP contribution is -2.55. The van der Waals surface area contributed by atoms with Gasteiger partial charge in [-0.15, -0.1) is 0 Å². The first-order chi connectivity index (χ1) is 10.7. The van der Waals surface area contributed by atoms with E-state index in [-0.39, 0.29) is 5.91 Å². The first kappa shape index (κ1) is 17.5. The highest BCUT2D eigenvalue weighted by atomic mass is 16.6. The summed E-state index contributed by atoms with van der Waals surface area (Å²) in [4.78, 5) is 37.6. The molecular formula is C15H26N4O4. The zero-order chi connectivity index (χ0) is 17.2.